The zero-order valence-corrected chi connectivity index (χ0v) is 13.5. The average Bonchev–Trinajstić information content (AvgIpc) is 2.45. The van der Waals surface area contributed by atoms with Crippen molar-refractivity contribution in [1.29, 1.82) is 0 Å². The van der Waals surface area contributed by atoms with Crippen LogP contribution in [0.2, 0.25) is 5.02 Å². The van der Waals surface area contributed by atoms with Gasteiger partial charge in [-0.05, 0) is 38.1 Å². The lowest BCUT2D eigenvalue weighted by molar-refractivity contribution is 0.343. The number of halogens is 1. The SMILES string of the molecule is CC(C)n1ccc(=O)nc1SCCOc1ccc(Cl)cc1. The first-order chi connectivity index (χ1) is 10.1. The minimum Gasteiger partial charge on any atom is -0.493 e. The first-order valence-electron chi connectivity index (χ1n) is 6.66. The molecule has 0 radical (unpaired) electrons. The molecule has 21 heavy (non-hydrogen) atoms. The predicted molar refractivity (Wildman–Crippen MR) is 86.6 cm³/mol. The summed E-state index contributed by atoms with van der Waals surface area (Å²) in [4.78, 5) is 15.4. The second-order valence-electron chi connectivity index (χ2n) is 4.70. The maximum absolute atomic E-state index is 11.4. The third-order valence-corrected chi connectivity index (χ3v) is 3.94. The number of hydrogen-bond donors (Lipinski definition) is 0. The smallest absolute Gasteiger partial charge is 0.273 e. The Kier molecular flexibility index (Phi) is 5.70. The summed E-state index contributed by atoms with van der Waals surface area (Å²) < 4.78 is 7.60. The van der Waals surface area contributed by atoms with E-state index in [9.17, 15) is 4.79 Å². The number of ether oxygens (including phenoxy) is 1. The van der Waals surface area contributed by atoms with Gasteiger partial charge >= 0.3 is 0 Å². The Morgan fingerprint density at radius 2 is 2.00 bits per heavy atom. The van der Waals surface area contributed by atoms with E-state index in [0.29, 0.717) is 17.4 Å². The number of rotatable bonds is 6. The van der Waals surface area contributed by atoms with Gasteiger partial charge in [-0.1, -0.05) is 23.4 Å². The molecule has 0 spiro atoms. The molecule has 1 aromatic heterocycles. The molecular weight excluding hydrogens is 308 g/mol. The van der Waals surface area contributed by atoms with E-state index in [1.807, 2.05) is 16.7 Å². The number of benzene rings is 1. The maximum Gasteiger partial charge on any atom is 0.273 e. The molecule has 0 N–H and O–H groups in total. The maximum atomic E-state index is 11.4. The van der Waals surface area contributed by atoms with Crippen molar-refractivity contribution in [2.75, 3.05) is 12.4 Å². The predicted octanol–water partition coefficient (Wildman–Crippen LogP) is 3.65. The molecule has 2 rings (SSSR count). The minimum absolute atomic E-state index is 0.215. The van der Waals surface area contributed by atoms with E-state index < -0.39 is 0 Å². The van der Waals surface area contributed by atoms with Crippen LogP contribution in [0.1, 0.15) is 19.9 Å². The lowest BCUT2D eigenvalue weighted by Gasteiger charge is -2.14. The van der Waals surface area contributed by atoms with E-state index in [-0.39, 0.29) is 11.6 Å². The standard InChI is InChI=1S/C15H17ClN2O2S/c1-11(2)18-8-7-14(19)17-15(18)21-10-9-20-13-5-3-12(16)4-6-13/h3-8,11H,9-10H2,1-2H3. The highest BCUT2D eigenvalue weighted by molar-refractivity contribution is 7.99. The van der Waals surface area contributed by atoms with Crippen molar-refractivity contribution >= 4 is 23.4 Å². The van der Waals surface area contributed by atoms with Crippen LogP contribution in [0.4, 0.5) is 0 Å². The van der Waals surface area contributed by atoms with Crippen LogP contribution in [0.15, 0.2) is 46.5 Å². The highest BCUT2D eigenvalue weighted by Gasteiger charge is 2.06. The van der Waals surface area contributed by atoms with Crippen molar-refractivity contribution in [3.05, 3.63) is 51.9 Å². The van der Waals surface area contributed by atoms with Crippen LogP contribution in [0, 0.1) is 0 Å². The molecular formula is C15H17ClN2O2S. The van der Waals surface area contributed by atoms with Gasteiger partial charge in [0.25, 0.3) is 5.56 Å². The molecule has 0 aliphatic heterocycles. The second-order valence-corrected chi connectivity index (χ2v) is 6.20. The lowest BCUT2D eigenvalue weighted by Crippen LogP contribution is -2.15. The molecule has 6 heteroatoms. The molecule has 112 valence electrons. The van der Waals surface area contributed by atoms with E-state index >= 15 is 0 Å². The largest absolute Gasteiger partial charge is 0.493 e. The Bertz CT molecular complexity index is 641. The van der Waals surface area contributed by atoms with Crippen molar-refractivity contribution in [3.8, 4) is 5.75 Å². The Morgan fingerprint density at radius 1 is 1.29 bits per heavy atom. The van der Waals surface area contributed by atoms with Gasteiger partial charge in [0, 0.05) is 29.1 Å². The normalized spacial score (nSPS) is 10.9. The summed E-state index contributed by atoms with van der Waals surface area (Å²) in [5.74, 6) is 1.49. The molecule has 0 amide bonds. The van der Waals surface area contributed by atoms with Crippen LogP contribution in [-0.2, 0) is 0 Å². The van der Waals surface area contributed by atoms with Crippen molar-refractivity contribution in [2.24, 2.45) is 0 Å². The molecule has 1 heterocycles. The third-order valence-electron chi connectivity index (χ3n) is 2.76. The van der Waals surface area contributed by atoms with E-state index in [4.69, 9.17) is 16.3 Å². The molecule has 0 fully saturated rings. The van der Waals surface area contributed by atoms with Crippen LogP contribution in [-0.4, -0.2) is 21.9 Å². The molecule has 4 nitrogen and oxygen atoms in total. The van der Waals surface area contributed by atoms with Gasteiger partial charge in [-0.2, -0.15) is 4.98 Å². The van der Waals surface area contributed by atoms with Gasteiger partial charge in [-0.15, -0.1) is 0 Å². The molecule has 0 atom stereocenters. The van der Waals surface area contributed by atoms with Crippen molar-refractivity contribution in [2.45, 2.75) is 25.0 Å². The fourth-order valence-electron chi connectivity index (χ4n) is 1.72. The number of nitrogens with zero attached hydrogens (tertiary/aromatic N) is 2. The summed E-state index contributed by atoms with van der Waals surface area (Å²) in [6, 6.07) is 8.99. The first kappa shape index (κ1) is 15.9. The molecule has 0 unspecified atom stereocenters. The monoisotopic (exact) mass is 324 g/mol. The fourth-order valence-corrected chi connectivity index (χ4v) is 2.77. The Labute approximate surface area is 133 Å². The summed E-state index contributed by atoms with van der Waals surface area (Å²) in [7, 11) is 0. The summed E-state index contributed by atoms with van der Waals surface area (Å²) in [5, 5.41) is 1.41. The highest BCUT2D eigenvalue weighted by Crippen LogP contribution is 2.19. The average molecular weight is 325 g/mol. The molecule has 0 bridgehead atoms. The van der Waals surface area contributed by atoms with Crippen molar-refractivity contribution in [1.82, 2.24) is 9.55 Å². The third kappa shape index (κ3) is 4.79. The van der Waals surface area contributed by atoms with Crippen molar-refractivity contribution < 1.29 is 4.74 Å². The number of aromatic nitrogens is 2. The quantitative estimate of drug-likeness (QED) is 0.462. The highest BCUT2D eigenvalue weighted by atomic mass is 35.5. The van der Waals surface area contributed by atoms with Gasteiger partial charge in [0.1, 0.15) is 5.75 Å². The van der Waals surface area contributed by atoms with Gasteiger partial charge in [0.2, 0.25) is 0 Å². The van der Waals surface area contributed by atoms with Gasteiger partial charge in [-0.3, -0.25) is 4.79 Å². The van der Waals surface area contributed by atoms with Crippen LogP contribution in [0.5, 0.6) is 5.75 Å². The van der Waals surface area contributed by atoms with Gasteiger partial charge in [-0.25, -0.2) is 0 Å². The molecule has 0 aliphatic rings. The molecule has 0 aliphatic carbocycles. The first-order valence-corrected chi connectivity index (χ1v) is 8.03. The Hall–Kier alpha value is -1.46. The molecule has 0 saturated carbocycles. The van der Waals surface area contributed by atoms with Gasteiger partial charge in [0.15, 0.2) is 5.16 Å². The summed E-state index contributed by atoms with van der Waals surface area (Å²) in [5.41, 5.74) is -0.215. The topological polar surface area (TPSA) is 44.1 Å². The Morgan fingerprint density at radius 3 is 2.67 bits per heavy atom. The Balaban J connectivity index is 1.90. The van der Waals surface area contributed by atoms with E-state index in [2.05, 4.69) is 18.8 Å². The van der Waals surface area contributed by atoms with Crippen LogP contribution >= 0.6 is 23.4 Å². The van der Waals surface area contributed by atoms with Crippen molar-refractivity contribution in [3.63, 3.8) is 0 Å². The fraction of sp³-hybridized carbons (Fsp3) is 0.333. The summed E-state index contributed by atoms with van der Waals surface area (Å²) >= 11 is 7.33. The summed E-state index contributed by atoms with van der Waals surface area (Å²) in [6.45, 7) is 4.65. The number of hydrogen-bond acceptors (Lipinski definition) is 4. The van der Waals surface area contributed by atoms with Crippen LogP contribution in [0.25, 0.3) is 0 Å². The van der Waals surface area contributed by atoms with Crippen LogP contribution in [0.3, 0.4) is 0 Å². The number of thioether (sulfide) groups is 1. The molecule has 2 aromatic rings. The second kappa shape index (κ2) is 7.52. The summed E-state index contributed by atoms with van der Waals surface area (Å²) in [6.07, 6.45) is 1.78. The molecule has 1 aromatic carbocycles. The van der Waals surface area contributed by atoms with Crippen LogP contribution < -0.4 is 10.3 Å². The lowest BCUT2D eigenvalue weighted by atomic mass is 10.3. The van der Waals surface area contributed by atoms with E-state index in [1.54, 1.807) is 18.3 Å². The van der Waals surface area contributed by atoms with Gasteiger partial charge < -0.3 is 9.30 Å². The molecule has 0 saturated heterocycles. The zero-order chi connectivity index (χ0) is 15.2. The minimum atomic E-state index is -0.215. The van der Waals surface area contributed by atoms with E-state index in [1.165, 1.54) is 17.8 Å². The zero-order valence-electron chi connectivity index (χ0n) is 12.0. The van der Waals surface area contributed by atoms with E-state index in [0.717, 1.165) is 10.9 Å². The van der Waals surface area contributed by atoms with Gasteiger partial charge in [0.05, 0.1) is 6.61 Å².